The summed E-state index contributed by atoms with van der Waals surface area (Å²) in [4.78, 5) is 25.2. The largest absolute Gasteiger partial charge is 0.491 e. The van der Waals surface area contributed by atoms with Crippen LogP contribution in [0.4, 0.5) is 0 Å². The average Bonchev–Trinajstić information content (AvgIpc) is 2.56. The Kier molecular flexibility index (Phi) is 6.02. The van der Waals surface area contributed by atoms with Crippen molar-refractivity contribution in [1.82, 2.24) is 4.90 Å². The second kappa shape index (κ2) is 7.99. The number of carbonyl (C=O) groups excluding carboxylic acids is 1. The molecule has 1 aromatic carbocycles. The van der Waals surface area contributed by atoms with Gasteiger partial charge in [-0.25, -0.2) is 0 Å². The zero-order chi connectivity index (χ0) is 16.8. The van der Waals surface area contributed by atoms with E-state index in [1.165, 1.54) is 0 Å². The fourth-order valence-electron chi connectivity index (χ4n) is 3.07. The fourth-order valence-corrected chi connectivity index (χ4v) is 3.07. The van der Waals surface area contributed by atoms with E-state index in [1.807, 2.05) is 31.2 Å². The predicted molar refractivity (Wildman–Crippen MR) is 87.4 cm³/mol. The number of likely N-dealkylation sites (N-methyl/N-ethyl adjacent to an activating group) is 1. The van der Waals surface area contributed by atoms with Gasteiger partial charge in [-0.05, 0) is 37.8 Å². The van der Waals surface area contributed by atoms with Gasteiger partial charge in [0.05, 0.1) is 12.5 Å². The van der Waals surface area contributed by atoms with Gasteiger partial charge in [0.1, 0.15) is 12.4 Å². The Morgan fingerprint density at radius 2 is 1.96 bits per heavy atom. The minimum Gasteiger partial charge on any atom is -0.491 e. The Balaban J connectivity index is 1.81. The van der Waals surface area contributed by atoms with Crippen LogP contribution in [-0.2, 0) is 9.59 Å². The van der Waals surface area contributed by atoms with Crippen molar-refractivity contribution in [2.24, 2.45) is 11.8 Å². The molecule has 126 valence electrons. The van der Waals surface area contributed by atoms with E-state index < -0.39 is 5.97 Å². The lowest BCUT2D eigenvalue weighted by Gasteiger charge is -2.29. The lowest BCUT2D eigenvalue weighted by Crippen LogP contribution is -2.38. The molecule has 2 rings (SSSR count). The number of carboxylic acid groups (broad SMARTS) is 1. The first kappa shape index (κ1) is 17.3. The second-order valence-electron chi connectivity index (χ2n) is 6.27. The number of amides is 1. The third-order valence-corrected chi connectivity index (χ3v) is 4.53. The highest BCUT2D eigenvalue weighted by Crippen LogP contribution is 2.30. The van der Waals surface area contributed by atoms with Gasteiger partial charge in [-0.2, -0.15) is 0 Å². The molecule has 0 spiro atoms. The van der Waals surface area contributed by atoms with Crippen LogP contribution in [0.1, 0.15) is 31.2 Å². The van der Waals surface area contributed by atoms with Gasteiger partial charge in [0.2, 0.25) is 5.91 Å². The Bertz CT molecular complexity index is 558. The third-order valence-electron chi connectivity index (χ3n) is 4.53. The molecule has 5 heteroatoms. The van der Waals surface area contributed by atoms with E-state index in [-0.39, 0.29) is 17.7 Å². The van der Waals surface area contributed by atoms with E-state index in [9.17, 15) is 9.59 Å². The SMILES string of the molecule is Cc1ccccc1OCCN(C)C(=O)C1CCCC(C(=O)O)C1. The normalized spacial score (nSPS) is 20.8. The number of aryl methyl sites for hydroxylation is 1. The molecule has 0 aliphatic heterocycles. The van der Waals surface area contributed by atoms with Gasteiger partial charge in [0.15, 0.2) is 0 Å². The molecule has 1 N–H and O–H groups in total. The number of carboxylic acids is 1. The molecular formula is C18H25NO4. The molecule has 1 aliphatic carbocycles. The van der Waals surface area contributed by atoms with Crippen LogP contribution in [0.5, 0.6) is 5.75 Å². The number of hydrogen-bond donors (Lipinski definition) is 1. The summed E-state index contributed by atoms with van der Waals surface area (Å²) in [7, 11) is 1.76. The highest BCUT2D eigenvalue weighted by Gasteiger charge is 2.32. The van der Waals surface area contributed by atoms with E-state index in [1.54, 1.807) is 11.9 Å². The molecule has 5 nitrogen and oxygen atoms in total. The number of hydrogen-bond acceptors (Lipinski definition) is 3. The molecule has 1 aromatic rings. The number of ether oxygens (including phenoxy) is 1. The van der Waals surface area contributed by atoms with E-state index in [0.29, 0.717) is 26.0 Å². The van der Waals surface area contributed by atoms with Crippen molar-refractivity contribution in [2.75, 3.05) is 20.2 Å². The first-order valence-corrected chi connectivity index (χ1v) is 8.15. The minimum atomic E-state index is -0.784. The van der Waals surface area contributed by atoms with Gasteiger partial charge in [-0.3, -0.25) is 9.59 Å². The lowest BCUT2D eigenvalue weighted by molar-refractivity contribution is -0.145. The molecule has 1 amide bonds. The molecule has 1 saturated carbocycles. The summed E-state index contributed by atoms with van der Waals surface area (Å²) in [6.45, 7) is 2.92. The number of aliphatic carboxylic acids is 1. The maximum absolute atomic E-state index is 12.5. The van der Waals surface area contributed by atoms with Crippen LogP contribution < -0.4 is 4.74 Å². The summed E-state index contributed by atoms with van der Waals surface area (Å²) in [5.74, 6) is -0.475. The number of para-hydroxylation sites is 1. The Labute approximate surface area is 137 Å². The standard InChI is InChI=1S/C18H25NO4/c1-13-6-3-4-9-16(13)23-11-10-19(2)17(20)14-7-5-8-15(12-14)18(21)22/h3-4,6,9,14-15H,5,7-8,10-12H2,1-2H3,(H,21,22). The zero-order valence-electron chi connectivity index (χ0n) is 13.8. The summed E-state index contributed by atoms with van der Waals surface area (Å²) in [6, 6.07) is 7.78. The summed E-state index contributed by atoms with van der Waals surface area (Å²) >= 11 is 0. The monoisotopic (exact) mass is 319 g/mol. The molecule has 2 unspecified atom stereocenters. The molecule has 1 fully saturated rings. The molecule has 0 bridgehead atoms. The quantitative estimate of drug-likeness (QED) is 0.875. The minimum absolute atomic E-state index is 0.0318. The maximum atomic E-state index is 12.5. The molecule has 0 saturated heterocycles. The molecular weight excluding hydrogens is 294 g/mol. The van der Waals surface area contributed by atoms with Crippen LogP contribution in [0.25, 0.3) is 0 Å². The average molecular weight is 319 g/mol. The molecule has 1 aliphatic rings. The van der Waals surface area contributed by atoms with E-state index in [0.717, 1.165) is 24.2 Å². The van der Waals surface area contributed by atoms with E-state index >= 15 is 0 Å². The van der Waals surface area contributed by atoms with Crippen LogP contribution in [-0.4, -0.2) is 42.1 Å². The van der Waals surface area contributed by atoms with Gasteiger partial charge in [0.25, 0.3) is 0 Å². The topological polar surface area (TPSA) is 66.8 Å². The van der Waals surface area contributed by atoms with Crippen LogP contribution in [0.2, 0.25) is 0 Å². The molecule has 23 heavy (non-hydrogen) atoms. The molecule has 0 heterocycles. The summed E-state index contributed by atoms with van der Waals surface area (Å²) < 4.78 is 5.72. The van der Waals surface area contributed by atoms with Crippen molar-refractivity contribution in [3.05, 3.63) is 29.8 Å². The van der Waals surface area contributed by atoms with Gasteiger partial charge in [-0.15, -0.1) is 0 Å². The Morgan fingerprint density at radius 3 is 2.65 bits per heavy atom. The van der Waals surface area contributed by atoms with Crippen LogP contribution >= 0.6 is 0 Å². The fraction of sp³-hybridized carbons (Fsp3) is 0.556. The highest BCUT2D eigenvalue weighted by molar-refractivity contribution is 5.80. The third kappa shape index (κ3) is 4.71. The first-order chi connectivity index (χ1) is 11.0. The maximum Gasteiger partial charge on any atom is 0.306 e. The van der Waals surface area contributed by atoms with Gasteiger partial charge in [0, 0.05) is 13.0 Å². The van der Waals surface area contributed by atoms with Crippen molar-refractivity contribution in [2.45, 2.75) is 32.6 Å². The van der Waals surface area contributed by atoms with Crippen LogP contribution in [0.3, 0.4) is 0 Å². The number of nitrogens with zero attached hydrogens (tertiary/aromatic N) is 1. The molecule has 0 radical (unpaired) electrons. The number of carbonyl (C=O) groups is 2. The Morgan fingerprint density at radius 1 is 1.26 bits per heavy atom. The van der Waals surface area contributed by atoms with Crippen LogP contribution in [0.15, 0.2) is 24.3 Å². The smallest absolute Gasteiger partial charge is 0.306 e. The van der Waals surface area contributed by atoms with Crippen molar-refractivity contribution >= 4 is 11.9 Å². The number of benzene rings is 1. The first-order valence-electron chi connectivity index (χ1n) is 8.15. The van der Waals surface area contributed by atoms with E-state index in [2.05, 4.69) is 0 Å². The predicted octanol–water partition coefficient (Wildman–Crippen LogP) is 2.72. The summed E-state index contributed by atoms with van der Waals surface area (Å²) in [6.07, 6.45) is 2.73. The highest BCUT2D eigenvalue weighted by atomic mass is 16.5. The van der Waals surface area contributed by atoms with Crippen molar-refractivity contribution in [1.29, 1.82) is 0 Å². The van der Waals surface area contributed by atoms with Crippen molar-refractivity contribution < 1.29 is 19.4 Å². The van der Waals surface area contributed by atoms with Gasteiger partial charge < -0.3 is 14.7 Å². The van der Waals surface area contributed by atoms with Gasteiger partial charge >= 0.3 is 5.97 Å². The number of rotatable bonds is 6. The lowest BCUT2D eigenvalue weighted by atomic mass is 9.81. The Hall–Kier alpha value is -2.04. The molecule has 0 aromatic heterocycles. The molecule has 2 atom stereocenters. The second-order valence-corrected chi connectivity index (χ2v) is 6.27. The summed E-state index contributed by atoms with van der Waals surface area (Å²) in [5, 5.41) is 9.12. The van der Waals surface area contributed by atoms with Gasteiger partial charge in [-0.1, -0.05) is 24.6 Å². The van der Waals surface area contributed by atoms with Crippen molar-refractivity contribution in [3.8, 4) is 5.75 Å². The van der Waals surface area contributed by atoms with Crippen LogP contribution in [0, 0.1) is 18.8 Å². The van der Waals surface area contributed by atoms with Crippen molar-refractivity contribution in [3.63, 3.8) is 0 Å². The summed E-state index contributed by atoms with van der Waals surface area (Å²) in [5.41, 5.74) is 1.07. The zero-order valence-corrected chi connectivity index (χ0v) is 13.8. The van der Waals surface area contributed by atoms with E-state index in [4.69, 9.17) is 9.84 Å².